The van der Waals surface area contributed by atoms with E-state index in [0.29, 0.717) is 46.9 Å². The lowest BCUT2D eigenvalue weighted by molar-refractivity contribution is -0.384. The Bertz CT molecular complexity index is 1400. The summed E-state index contributed by atoms with van der Waals surface area (Å²) < 4.78 is 19.9. The first-order valence-corrected chi connectivity index (χ1v) is 13.0. The molecule has 214 valence electrons. The molecule has 13 heteroatoms. The Kier molecular flexibility index (Phi) is 8.35. The molecule has 1 saturated heterocycles. The summed E-state index contributed by atoms with van der Waals surface area (Å²) in [7, 11) is 5.43. The molecule has 40 heavy (non-hydrogen) atoms. The number of hydrogen-bond donors (Lipinski definition) is 3. The molecule has 0 amide bonds. The molecule has 1 aromatic heterocycles. The summed E-state index contributed by atoms with van der Waals surface area (Å²) in [6.07, 6.45) is 2.57. The minimum absolute atomic E-state index is 0.0626. The maximum Gasteiger partial charge on any atom is 0.294 e. The predicted molar refractivity (Wildman–Crippen MR) is 151 cm³/mol. The average Bonchev–Trinajstić information content (AvgIpc) is 2.89. The Morgan fingerprint density at radius 3 is 2.45 bits per heavy atom. The number of aryl methyl sites for hydroxylation is 1. The van der Waals surface area contributed by atoms with E-state index < -0.39 is 16.3 Å². The lowest BCUT2D eigenvalue weighted by Gasteiger charge is -2.43. The van der Waals surface area contributed by atoms with Crippen LogP contribution in [-0.4, -0.2) is 70.2 Å². The molecule has 2 heterocycles. The fourth-order valence-corrected chi connectivity index (χ4v) is 4.65. The molecule has 0 aliphatic carbocycles. The van der Waals surface area contributed by atoms with E-state index in [1.54, 1.807) is 32.9 Å². The van der Waals surface area contributed by atoms with Gasteiger partial charge in [-0.15, -0.1) is 0 Å². The third-order valence-electron chi connectivity index (χ3n) is 7.15. The van der Waals surface area contributed by atoms with Crippen molar-refractivity contribution in [3.05, 3.63) is 57.7 Å². The molecule has 2 aromatic carbocycles. The Balaban J connectivity index is 1.65. The van der Waals surface area contributed by atoms with Crippen molar-refractivity contribution < 1.29 is 19.2 Å². The van der Waals surface area contributed by atoms with Gasteiger partial charge in [0.2, 0.25) is 11.9 Å². The van der Waals surface area contributed by atoms with Crippen molar-refractivity contribution >= 4 is 34.6 Å². The molecule has 1 aliphatic rings. The van der Waals surface area contributed by atoms with Gasteiger partial charge in [-0.2, -0.15) is 4.98 Å². The zero-order valence-corrected chi connectivity index (χ0v) is 23.5. The lowest BCUT2D eigenvalue weighted by atomic mass is 9.90. The van der Waals surface area contributed by atoms with E-state index in [2.05, 4.69) is 30.5 Å². The number of nitrogens with zero attached hydrogens (tertiary/aromatic N) is 6. The Labute approximate surface area is 232 Å². The molecule has 0 radical (unpaired) electrons. The van der Waals surface area contributed by atoms with E-state index in [1.807, 2.05) is 19.0 Å². The second-order valence-corrected chi connectivity index (χ2v) is 10.4. The van der Waals surface area contributed by atoms with E-state index in [4.69, 9.17) is 4.74 Å². The van der Waals surface area contributed by atoms with Crippen molar-refractivity contribution in [2.45, 2.75) is 45.3 Å². The van der Waals surface area contributed by atoms with Gasteiger partial charge in [-0.1, -0.05) is 6.92 Å². The van der Waals surface area contributed by atoms with Crippen LogP contribution in [0.4, 0.5) is 39.0 Å². The van der Waals surface area contributed by atoms with Crippen LogP contribution in [0, 0.1) is 22.9 Å². The van der Waals surface area contributed by atoms with Gasteiger partial charge in [-0.25, -0.2) is 14.4 Å². The largest absolute Gasteiger partial charge is 0.494 e. The number of nitro groups is 1. The zero-order chi connectivity index (χ0) is 29.2. The first-order chi connectivity index (χ1) is 18.9. The van der Waals surface area contributed by atoms with Gasteiger partial charge >= 0.3 is 0 Å². The van der Waals surface area contributed by atoms with E-state index in [9.17, 15) is 19.6 Å². The fraction of sp³-hybridized carbons (Fsp3) is 0.444. The molecule has 1 aliphatic heterocycles. The second kappa shape index (κ2) is 11.6. The molecule has 3 aromatic rings. The summed E-state index contributed by atoms with van der Waals surface area (Å²) in [5.41, 5.74) is 0.644. The molecule has 2 atom stereocenters. The lowest BCUT2D eigenvalue weighted by Crippen LogP contribution is -2.52. The van der Waals surface area contributed by atoms with Crippen molar-refractivity contribution in [2.24, 2.45) is 0 Å². The highest BCUT2D eigenvalue weighted by atomic mass is 19.1. The van der Waals surface area contributed by atoms with Gasteiger partial charge in [0.1, 0.15) is 23.6 Å². The molecule has 4 rings (SSSR count). The van der Waals surface area contributed by atoms with Gasteiger partial charge in [-0.3, -0.25) is 10.1 Å². The number of likely N-dealkylation sites (N-methyl/N-ethyl adjacent to an activating group) is 1. The van der Waals surface area contributed by atoms with Gasteiger partial charge in [0.25, 0.3) is 5.69 Å². The molecular formula is C27H35FN8O4. The van der Waals surface area contributed by atoms with Crippen LogP contribution >= 0.6 is 0 Å². The molecule has 12 nitrogen and oxygen atoms in total. The van der Waals surface area contributed by atoms with Gasteiger partial charge in [0.15, 0.2) is 0 Å². The molecular weight excluding hydrogens is 519 g/mol. The number of aromatic nitrogens is 3. The Morgan fingerprint density at radius 1 is 1.23 bits per heavy atom. The standard InChI is InChI=1S/C27H35FN8O4/c1-7-27(3,37)18-11-19(28)16(2)10-20(18)31-25-29-15-30-26(33-25)32-21-12-23(36(38)39)22(13-24(21)40-6)35-9-8-17(35)14-34(4)5/h10-13,15,17,37H,7-9,14H2,1-6H3,(H2,29,30,31,32,33)/t17-,27?/m1/s1. The van der Waals surface area contributed by atoms with Crippen molar-refractivity contribution in [3.8, 4) is 5.75 Å². The van der Waals surface area contributed by atoms with Crippen molar-refractivity contribution in [1.29, 1.82) is 0 Å². The number of benzene rings is 2. The highest BCUT2D eigenvalue weighted by Gasteiger charge is 2.34. The number of rotatable bonds is 11. The van der Waals surface area contributed by atoms with E-state index >= 15 is 0 Å². The summed E-state index contributed by atoms with van der Waals surface area (Å²) in [5, 5.41) is 28.9. The van der Waals surface area contributed by atoms with Crippen LogP contribution in [0.1, 0.15) is 37.8 Å². The molecule has 0 saturated carbocycles. The topological polar surface area (TPSA) is 142 Å². The number of aliphatic hydroxyl groups is 1. The number of anilines is 5. The molecule has 0 bridgehead atoms. The van der Waals surface area contributed by atoms with Crippen LogP contribution in [0.2, 0.25) is 0 Å². The maximum absolute atomic E-state index is 14.4. The summed E-state index contributed by atoms with van der Waals surface area (Å²) in [4.78, 5) is 28.4. The third-order valence-corrected chi connectivity index (χ3v) is 7.15. The Hall–Kier alpha value is -4.10. The van der Waals surface area contributed by atoms with Crippen LogP contribution in [0.3, 0.4) is 0 Å². The normalized spacial score (nSPS) is 16.3. The van der Waals surface area contributed by atoms with Gasteiger partial charge < -0.3 is 30.3 Å². The highest BCUT2D eigenvalue weighted by molar-refractivity contribution is 5.77. The Morgan fingerprint density at radius 2 is 1.90 bits per heavy atom. The monoisotopic (exact) mass is 554 g/mol. The van der Waals surface area contributed by atoms with Crippen molar-refractivity contribution in [3.63, 3.8) is 0 Å². The van der Waals surface area contributed by atoms with Crippen LogP contribution in [-0.2, 0) is 5.60 Å². The van der Waals surface area contributed by atoms with Crippen LogP contribution in [0.5, 0.6) is 5.75 Å². The van der Waals surface area contributed by atoms with Gasteiger partial charge in [0, 0.05) is 42.5 Å². The summed E-state index contributed by atoms with van der Waals surface area (Å²) in [6, 6.07) is 6.12. The smallest absolute Gasteiger partial charge is 0.294 e. The number of methoxy groups -OCH3 is 1. The summed E-state index contributed by atoms with van der Waals surface area (Å²) in [5.74, 6) is 0.195. The van der Waals surface area contributed by atoms with Gasteiger partial charge in [0.05, 0.1) is 23.3 Å². The molecule has 0 spiro atoms. The van der Waals surface area contributed by atoms with E-state index in [1.165, 1.54) is 25.6 Å². The van der Waals surface area contributed by atoms with Crippen molar-refractivity contribution in [1.82, 2.24) is 19.9 Å². The van der Waals surface area contributed by atoms with Crippen LogP contribution < -0.4 is 20.3 Å². The predicted octanol–water partition coefficient (Wildman–Crippen LogP) is 4.48. The first-order valence-electron chi connectivity index (χ1n) is 13.0. The van der Waals surface area contributed by atoms with Gasteiger partial charge in [-0.05, 0) is 58.5 Å². The summed E-state index contributed by atoms with van der Waals surface area (Å²) >= 11 is 0. The fourth-order valence-electron chi connectivity index (χ4n) is 4.65. The molecule has 1 fully saturated rings. The van der Waals surface area contributed by atoms with Crippen molar-refractivity contribution in [2.75, 3.05) is 49.8 Å². The second-order valence-electron chi connectivity index (χ2n) is 10.4. The summed E-state index contributed by atoms with van der Waals surface area (Å²) in [6.45, 7) is 6.52. The first kappa shape index (κ1) is 28.9. The minimum atomic E-state index is -1.29. The number of hydrogen-bond acceptors (Lipinski definition) is 11. The number of nitro benzene ring substituents is 1. The zero-order valence-electron chi connectivity index (χ0n) is 23.5. The number of ether oxygens (including phenoxy) is 1. The molecule has 3 N–H and O–H groups in total. The number of nitrogens with one attached hydrogen (secondary N) is 2. The quantitative estimate of drug-likeness (QED) is 0.228. The average molecular weight is 555 g/mol. The minimum Gasteiger partial charge on any atom is -0.494 e. The SMILES string of the molecule is CCC(C)(O)c1cc(F)c(C)cc1Nc1ncnc(Nc2cc([N+](=O)[O-])c(N3CC[C@@H]3CN(C)C)cc2OC)n1. The van der Waals surface area contributed by atoms with Crippen LogP contribution in [0.25, 0.3) is 0 Å². The van der Waals surface area contributed by atoms with E-state index in [0.717, 1.165) is 13.0 Å². The van der Waals surface area contributed by atoms with E-state index in [-0.39, 0.29) is 23.6 Å². The van der Waals surface area contributed by atoms with Crippen LogP contribution in [0.15, 0.2) is 30.6 Å². The third kappa shape index (κ3) is 6.05. The maximum atomic E-state index is 14.4. The highest BCUT2D eigenvalue weighted by Crippen LogP contribution is 2.42. The number of halogens is 1. The molecule has 1 unspecified atom stereocenters.